The van der Waals surface area contributed by atoms with E-state index in [-0.39, 0.29) is 18.2 Å². The Kier molecular flexibility index (Phi) is 7.73. The number of halogens is 1. The van der Waals surface area contributed by atoms with Crippen LogP contribution in [0.25, 0.3) is 0 Å². The standard InChI is InChI=1S/C23H29FN2O2/c1-16(2)14-25-23(28)18(4)26(15-19-9-7-8-17(3)12-19)22(27)13-20-10-5-6-11-21(20)24/h5-12,16,18H,13-15H2,1-4H3,(H,25,28)/t18-/m0/s1. The molecule has 28 heavy (non-hydrogen) atoms. The molecule has 0 aliphatic heterocycles. The third-order valence-corrected chi connectivity index (χ3v) is 4.59. The van der Waals surface area contributed by atoms with Crippen molar-refractivity contribution in [3.8, 4) is 0 Å². The molecule has 0 aromatic heterocycles. The van der Waals surface area contributed by atoms with Crippen molar-refractivity contribution in [2.45, 2.75) is 46.7 Å². The van der Waals surface area contributed by atoms with Crippen molar-refractivity contribution >= 4 is 11.8 Å². The molecule has 1 atom stereocenters. The van der Waals surface area contributed by atoms with E-state index in [4.69, 9.17) is 0 Å². The van der Waals surface area contributed by atoms with Gasteiger partial charge in [0, 0.05) is 13.1 Å². The second kappa shape index (κ2) is 10.0. The van der Waals surface area contributed by atoms with Gasteiger partial charge in [-0.25, -0.2) is 4.39 Å². The highest BCUT2D eigenvalue weighted by Gasteiger charge is 2.26. The van der Waals surface area contributed by atoms with E-state index in [0.29, 0.717) is 24.6 Å². The normalized spacial score (nSPS) is 11.9. The number of benzene rings is 2. The molecule has 2 aromatic rings. The quantitative estimate of drug-likeness (QED) is 0.751. The number of rotatable bonds is 8. The zero-order valence-electron chi connectivity index (χ0n) is 17.0. The fraction of sp³-hybridized carbons (Fsp3) is 0.391. The summed E-state index contributed by atoms with van der Waals surface area (Å²) < 4.78 is 14.0. The van der Waals surface area contributed by atoms with Gasteiger partial charge in [-0.2, -0.15) is 0 Å². The number of carbonyl (C=O) groups is 2. The first-order valence-corrected chi connectivity index (χ1v) is 9.64. The first-order valence-electron chi connectivity index (χ1n) is 9.64. The van der Waals surface area contributed by atoms with Gasteiger partial charge in [0.05, 0.1) is 6.42 Å². The van der Waals surface area contributed by atoms with Gasteiger partial charge in [0.1, 0.15) is 11.9 Å². The van der Waals surface area contributed by atoms with Crippen molar-refractivity contribution in [3.63, 3.8) is 0 Å². The van der Waals surface area contributed by atoms with Crippen LogP contribution in [0.4, 0.5) is 4.39 Å². The molecule has 0 bridgehead atoms. The topological polar surface area (TPSA) is 49.4 Å². The van der Waals surface area contributed by atoms with Gasteiger partial charge < -0.3 is 10.2 Å². The SMILES string of the molecule is Cc1cccc(CN(C(=O)Cc2ccccc2F)[C@@H](C)C(=O)NCC(C)C)c1. The predicted molar refractivity (Wildman–Crippen MR) is 109 cm³/mol. The van der Waals surface area contributed by atoms with Crippen LogP contribution in [-0.4, -0.2) is 29.3 Å². The molecule has 0 saturated carbocycles. The van der Waals surface area contributed by atoms with E-state index in [1.165, 1.54) is 11.0 Å². The van der Waals surface area contributed by atoms with E-state index < -0.39 is 11.9 Å². The molecule has 5 heteroatoms. The monoisotopic (exact) mass is 384 g/mol. The Hall–Kier alpha value is -2.69. The molecule has 0 spiro atoms. The molecule has 0 fully saturated rings. The van der Waals surface area contributed by atoms with Crippen LogP contribution >= 0.6 is 0 Å². The van der Waals surface area contributed by atoms with Crippen LogP contribution in [0.5, 0.6) is 0 Å². The van der Waals surface area contributed by atoms with Gasteiger partial charge in [-0.15, -0.1) is 0 Å². The molecule has 0 heterocycles. The molecule has 0 aliphatic rings. The van der Waals surface area contributed by atoms with Crippen molar-refractivity contribution in [1.29, 1.82) is 0 Å². The number of carbonyl (C=O) groups excluding carboxylic acids is 2. The van der Waals surface area contributed by atoms with E-state index in [1.54, 1.807) is 25.1 Å². The van der Waals surface area contributed by atoms with Crippen LogP contribution in [0.3, 0.4) is 0 Å². The third-order valence-electron chi connectivity index (χ3n) is 4.59. The van der Waals surface area contributed by atoms with Gasteiger partial charge in [0.25, 0.3) is 0 Å². The Bertz CT molecular complexity index is 820. The Morgan fingerprint density at radius 2 is 1.79 bits per heavy atom. The van der Waals surface area contributed by atoms with E-state index >= 15 is 0 Å². The van der Waals surface area contributed by atoms with Crippen molar-refractivity contribution in [3.05, 3.63) is 71.0 Å². The zero-order chi connectivity index (χ0) is 20.7. The number of amides is 2. The summed E-state index contributed by atoms with van der Waals surface area (Å²) in [7, 11) is 0. The molecule has 0 unspecified atom stereocenters. The summed E-state index contributed by atoms with van der Waals surface area (Å²) in [6, 6.07) is 13.4. The lowest BCUT2D eigenvalue weighted by Gasteiger charge is -2.29. The third kappa shape index (κ3) is 6.19. The molecule has 0 radical (unpaired) electrons. The largest absolute Gasteiger partial charge is 0.354 e. The maximum atomic E-state index is 14.0. The van der Waals surface area contributed by atoms with Crippen LogP contribution < -0.4 is 5.32 Å². The Balaban J connectivity index is 2.22. The van der Waals surface area contributed by atoms with Gasteiger partial charge in [-0.1, -0.05) is 61.9 Å². The van der Waals surface area contributed by atoms with E-state index in [0.717, 1.165) is 11.1 Å². The summed E-state index contributed by atoms with van der Waals surface area (Å²) in [5, 5.41) is 2.88. The molecule has 150 valence electrons. The Morgan fingerprint density at radius 1 is 1.07 bits per heavy atom. The van der Waals surface area contributed by atoms with Crippen LogP contribution in [-0.2, 0) is 22.6 Å². The summed E-state index contributed by atoms with van der Waals surface area (Å²) in [5.41, 5.74) is 2.35. The van der Waals surface area contributed by atoms with E-state index in [9.17, 15) is 14.0 Å². The minimum absolute atomic E-state index is 0.0830. The summed E-state index contributed by atoms with van der Waals surface area (Å²) in [4.78, 5) is 27.1. The van der Waals surface area contributed by atoms with Gasteiger partial charge in [0.2, 0.25) is 11.8 Å². The van der Waals surface area contributed by atoms with Crippen molar-refractivity contribution in [2.24, 2.45) is 5.92 Å². The number of nitrogens with zero attached hydrogens (tertiary/aromatic N) is 1. The summed E-state index contributed by atoms with van der Waals surface area (Å²) in [5.74, 6) is -0.583. The molecule has 2 aromatic carbocycles. The summed E-state index contributed by atoms with van der Waals surface area (Å²) >= 11 is 0. The number of aryl methyl sites for hydroxylation is 1. The Labute approximate surface area is 166 Å². The second-order valence-corrected chi connectivity index (χ2v) is 7.59. The van der Waals surface area contributed by atoms with Gasteiger partial charge in [-0.05, 0) is 37.0 Å². The highest BCUT2D eigenvalue weighted by molar-refractivity contribution is 5.88. The van der Waals surface area contributed by atoms with Gasteiger partial charge in [-0.3, -0.25) is 9.59 Å². The fourth-order valence-corrected chi connectivity index (χ4v) is 2.95. The van der Waals surface area contributed by atoms with Crippen LogP contribution in [0, 0.1) is 18.7 Å². The van der Waals surface area contributed by atoms with Crippen molar-refractivity contribution in [1.82, 2.24) is 10.2 Å². The van der Waals surface area contributed by atoms with E-state index in [2.05, 4.69) is 5.32 Å². The highest BCUT2D eigenvalue weighted by Crippen LogP contribution is 2.15. The molecule has 0 aliphatic carbocycles. The number of nitrogens with one attached hydrogen (secondary N) is 1. The molecule has 1 N–H and O–H groups in total. The minimum atomic E-state index is -0.654. The summed E-state index contributed by atoms with van der Waals surface area (Å²) in [6.45, 7) is 8.56. The second-order valence-electron chi connectivity index (χ2n) is 7.59. The maximum absolute atomic E-state index is 14.0. The van der Waals surface area contributed by atoms with Gasteiger partial charge in [0.15, 0.2) is 0 Å². The molecular weight excluding hydrogens is 355 g/mol. The number of hydrogen-bond donors (Lipinski definition) is 1. The van der Waals surface area contributed by atoms with Crippen molar-refractivity contribution in [2.75, 3.05) is 6.54 Å². The van der Waals surface area contributed by atoms with E-state index in [1.807, 2.05) is 45.0 Å². The fourth-order valence-electron chi connectivity index (χ4n) is 2.95. The van der Waals surface area contributed by atoms with Gasteiger partial charge >= 0.3 is 0 Å². The first-order chi connectivity index (χ1) is 13.3. The maximum Gasteiger partial charge on any atom is 0.242 e. The zero-order valence-corrected chi connectivity index (χ0v) is 17.0. The number of hydrogen-bond acceptors (Lipinski definition) is 2. The predicted octanol–water partition coefficient (Wildman–Crippen LogP) is 3.87. The molecule has 4 nitrogen and oxygen atoms in total. The summed E-state index contributed by atoms with van der Waals surface area (Å²) in [6.07, 6.45) is -0.0830. The lowest BCUT2D eigenvalue weighted by molar-refractivity contribution is -0.140. The Morgan fingerprint density at radius 3 is 2.43 bits per heavy atom. The van der Waals surface area contributed by atoms with Crippen molar-refractivity contribution < 1.29 is 14.0 Å². The smallest absolute Gasteiger partial charge is 0.242 e. The minimum Gasteiger partial charge on any atom is -0.354 e. The highest BCUT2D eigenvalue weighted by atomic mass is 19.1. The lowest BCUT2D eigenvalue weighted by atomic mass is 10.1. The van der Waals surface area contributed by atoms with Crippen LogP contribution in [0.15, 0.2) is 48.5 Å². The lowest BCUT2D eigenvalue weighted by Crippen LogP contribution is -2.48. The molecule has 0 saturated heterocycles. The average molecular weight is 384 g/mol. The first kappa shape index (κ1) is 21.6. The molecule has 2 amide bonds. The molecule has 2 rings (SSSR count). The average Bonchev–Trinajstić information content (AvgIpc) is 2.65. The molecular formula is C23H29FN2O2. The van der Waals surface area contributed by atoms with Crippen LogP contribution in [0.2, 0.25) is 0 Å². The van der Waals surface area contributed by atoms with Crippen LogP contribution in [0.1, 0.15) is 37.5 Å².